The van der Waals surface area contributed by atoms with E-state index in [1.165, 1.54) is 0 Å². The Balaban J connectivity index is 1.25. The predicted molar refractivity (Wildman–Crippen MR) is 112 cm³/mol. The van der Waals surface area contributed by atoms with Gasteiger partial charge in [-0.05, 0) is 43.9 Å². The van der Waals surface area contributed by atoms with E-state index in [1.807, 2.05) is 6.07 Å². The molecule has 0 aromatic carbocycles. The third-order valence-electron chi connectivity index (χ3n) is 6.73. The maximum absolute atomic E-state index is 12.2. The molecule has 0 radical (unpaired) electrons. The number of hydrogen-bond donors (Lipinski definition) is 3. The van der Waals surface area contributed by atoms with Crippen molar-refractivity contribution >= 4 is 17.5 Å². The largest absolute Gasteiger partial charge is 0.368 e. The molecular formula is C21H32N6O2. The van der Waals surface area contributed by atoms with Gasteiger partial charge in [-0.2, -0.15) is 0 Å². The molecule has 1 aromatic heterocycles. The third kappa shape index (κ3) is 4.53. The summed E-state index contributed by atoms with van der Waals surface area (Å²) in [4.78, 5) is 32.4. The number of rotatable bonds is 5. The number of anilines is 1. The lowest BCUT2D eigenvalue weighted by Crippen LogP contribution is -2.62. The number of carbonyl (C=O) groups excluding carboxylic acids is 2. The van der Waals surface area contributed by atoms with Crippen molar-refractivity contribution in [2.24, 2.45) is 17.6 Å². The zero-order valence-corrected chi connectivity index (χ0v) is 17.1. The number of pyridine rings is 1. The molecule has 4 heterocycles. The highest BCUT2D eigenvalue weighted by molar-refractivity contribution is 5.90. The standard InChI is InChI=1S/C21H32N6O2/c1-2-15-10-18-19(25-21(15)29)9-14(11-23-18)13-26-5-7-27(8-6-26)16-3-4-17(20(22)28)24-12-16/h3-4,12,14-15,18-19,23H,2,5-11,13H2,1H3,(H2,22,28)(H,25,29). The summed E-state index contributed by atoms with van der Waals surface area (Å²) in [5, 5.41) is 6.96. The van der Waals surface area contributed by atoms with E-state index in [1.54, 1.807) is 12.3 Å². The van der Waals surface area contributed by atoms with Crippen molar-refractivity contribution in [2.75, 3.05) is 44.2 Å². The van der Waals surface area contributed by atoms with E-state index in [0.717, 1.165) is 64.2 Å². The highest BCUT2D eigenvalue weighted by atomic mass is 16.2. The Morgan fingerprint density at radius 3 is 2.66 bits per heavy atom. The van der Waals surface area contributed by atoms with Crippen molar-refractivity contribution in [1.82, 2.24) is 20.5 Å². The van der Waals surface area contributed by atoms with Crippen molar-refractivity contribution in [3.05, 3.63) is 24.0 Å². The van der Waals surface area contributed by atoms with Gasteiger partial charge in [0.1, 0.15) is 5.69 Å². The molecule has 0 bridgehead atoms. The van der Waals surface area contributed by atoms with Gasteiger partial charge in [0.05, 0.1) is 11.9 Å². The van der Waals surface area contributed by atoms with Gasteiger partial charge in [-0.3, -0.25) is 14.5 Å². The summed E-state index contributed by atoms with van der Waals surface area (Å²) in [5.41, 5.74) is 6.60. The van der Waals surface area contributed by atoms with Crippen molar-refractivity contribution in [2.45, 2.75) is 38.3 Å². The van der Waals surface area contributed by atoms with Crippen LogP contribution in [0.25, 0.3) is 0 Å². The minimum atomic E-state index is -0.496. The molecule has 1 aromatic rings. The summed E-state index contributed by atoms with van der Waals surface area (Å²) in [6.07, 6.45) is 4.70. The first-order valence-electron chi connectivity index (χ1n) is 10.8. The van der Waals surface area contributed by atoms with Crippen LogP contribution >= 0.6 is 0 Å². The topological polar surface area (TPSA) is 104 Å². The van der Waals surface area contributed by atoms with Crippen molar-refractivity contribution in [3.8, 4) is 0 Å². The van der Waals surface area contributed by atoms with Crippen LogP contribution < -0.4 is 21.3 Å². The zero-order valence-electron chi connectivity index (χ0n) is 17.1. The summed E-state index contributed by atoms with van der Waals surface area (Å²) in [7, 11) is 0. The molecule has 4 rings (SSSR count). The number of aromatic nitrogens is 1. The lowest BCUT2D eigenvalue weighted by Gasteiger charge is -2.44. The van der Waals surface area contributed by atoms with E-state index in [4.69, 9.17) is 5.73 Å². The van der Waals surface area contributed by atoms with Crippen LogP contribution in [0.3, 0.4) is 0 Å². The fourth-order valence-electron chi connectivity index (χ4n) is 4.95. The normalized spacial score (nSPS) is 30.5. The van der Waals surface area contributed by atoms with E-state index in [-0.39, 0.29) is 17.9 Å². The summed E-state index contributed by atoms with van der Waals surface area (Å²) in [6, 6.07) is 4.32. The van der Waals surface area contributed by atoms with Gasteiger partial charge in [0.25, 0.3) is 5.91 Å². The highest BCUT2D eigenvalue weighted by Gasteiger charge is 2.39. The lowest BCUT2D eigenvalue weighted by molar-refractivity contribution is -0.129. The van der Waals surface area contributed by atoms with Crippen LogP contribution in [-0.4, -0.2) is 73.1 Å². The van der Waals surface area contributed by atoms with Gasteiger partial charge in [-0.25, -0.2) is 4.98 Å². The second kappa shape index (κ2) is 8.67. The molecule has 0 aliphatic carbocycles. The Bertz CT molecular complexity index is 731. The van der Waals surface area contributed by atoms with Gasteiger partial charge in [-0.15, -0.1) is 0 Å². The molecule has 0 spiro atoms. The van der Waals surface area contributed by atoms with Crippen LogP contribution in [0.4, 0.5) is 5.69 Å². The minimum Gasteiger partial charge on any atom is -0.368 e. The lowest BCUT2D eigenvalue weighted by atomic mass is 9.80. The molecule has 3 fully saturated rings. The fraction of sp³-hybridized carbons (Fsp3) is 0.667. The van der Waals surface area contributed by atoms with E-state index in [9.17, 15) is 9.59 Å². The van der Waals surface area contributed by atoms with Crippen molar-refractivity contribution in [3.63, 3.8) is 0 Å². The summed E-state index contributed by atoms with van der Waals surface area (Å²) in [6.45, 7) is 8.09. The van der Waals surface area contributed by atoms with Crippen LogP contribution in [0.1, 0.15) is 36.7 Å². The number of piperazine rings is 1. The van der Waals surface area contributed by atoms with Crippen LogP contribution in [-0.2, 0) is 4.79 Å². The number of piperidine rings is 2. The van der Waals surface area contributed by atoms with Crippen LogP contribution in [0.2, 0.25) is 0 Å². The molecule has 8 heteroatoms. The Hall–Kier alpha value is -2.19. The first-order valence-corrected chi connectivity index (χ1v) is 10.8. The van der Waals surface area contributed by atoms with Crippen molar-refractivity contribution in [1.29, 1.82) is 0 Å². The number of amides is 2. The second-order valence-corrected chi connectivity index (χ2v) is 8.63. The maximum Gasteiger partial charge on any atom is 0.267 e. The zero-order chi connectivity index (χ0) is 20.4. The Morgan fingerprint density at radius 1 is 1.21 bits per heavy atom. The molecule has 2 amide bonds. The first-order chi connectivity index (χ1) is 14.0. The highest BCUT2D eigenvalue weighted by Crippen LogP contribution is 2.27. The smallest absolute Gasteiger partial charge is 0.267 e. The SMILES string of the molecule is CCC1CC2NCC(CN3CCN(c4ccc(C(N)=O)nc4)CC3)CC2NC1=O. The molecule has 3 saturated heterocycles. The number of nitrogens with zero attached hydrogens (tertiary/aromatic N) is 3. The average Bonchev–Trinajstić information content (AvgIpc) is 2.74. The number of nitrogens with two attached hydrogens (primary N) is 1. The second-order valence-electron chi connectivity index (χ2n) is 8.63. The Labute approximate surface area is 172 Å². The third-order valence-corrected chi connectivity index (χ3v) is 6.73. The van der Waals surface area contributed by atoms with E-state index in [0.29, 0.717) is 17.7 Å². The van der Waals surface area contributed by atoms with Gasteiger partial charge in [-0.1, -0.05) is 6.92 Å². The van der Waals surface area contributed by atoms with E-state index in [2.05, 4.69) is 32.3 Å². The summed E-state index contributed by atoms with van der Waals surface area (Å²) < 4.78 is 0. The van der Waals surface area contributed by atoms with Crippen LogP contribution in [0.15, 0.2) is 18.3 Å². The number of hydrogen-bond acceptors (Lipinski definition) is 6. The van der Waals surface area contributed by atoms with Crippen LogP contribution in [0, 0.1) is 11.8 Å². The van der Waals surface area contributed by atoms with E-state index >= 15 is 0 Å². The monoisotopic (exact) mass is 400 g/mol. The van der Waals surface area contributed by atoms with E-state index < -0.39 is 5.91 Å². The number of nitrogens with one attached hydrogen (secondary N) is 2. The molecule has 4 N–H and O–H groups in total. The summed E-state index contributed by atoms with van der Waals surface area (Å²) >= 11 is 0. The van der Waals surface area contributed by atoms with Crippen molar-refractivity contribution < 1.29 is 9.59 Å². The molecule has 29 heavy (non-hydrogen) atoms. The molecule has 4 unspecified atom stereocenters. The minimum absolute atomic E-state index is 0.167. The number of carbonyl (C=O) groups is 2. The molecule has 4 atom stereocenters. The molecular weight excluding hydrogens is 368 g/mol. The fourth-order valence-corrected chi connectivity index (χ4v) is 4.95. The first kappa shape index (κ1) is 20.1. The number of fused-ring (bicyclic) bond motifs is 1. The molecule has 158 valence electrons. The van der Waals surface area contributed by atoms with Crippen LogP contribution in [0.5, 0.6) is 0 Å². The molecule has 8 nitrogen and oxygen atoms in total. The average molecular weight is 401 g/mol. The molecule has 0 saturated carbocycles. The number of primary amides is 1. The summed E-state index contributed by atoms with van der Waals surface area (Å²) in [5.74, 6) is 0.475. The maximum atomic E-state index is 12.2. The van der Waals surface area contributed by atoms with Gasteiger partial charge in [0, 0.05) is 50.7 Å². The van der Waals surface area contributed by atoms with Gasteiger partial charge >= 0.3 is 0 Å². The predicted octanol–water partition coefficient (Wildman–Crippen LogP) is 0.195. The molecule has 3 aliphatic heterocycles. The van der Waals surface area contributed by atoms with Gasteiger partial charge in [0.2, 0.25) is 5.91 Å². The Kier molecular flexibility index (Phi) is 6.01. The Morgan fingerprint density at radius 2 is 2.00 bits per heavy atom. The quantitative estimate of drug-likeness (QED) is 0.652. The van der Waals surface area contributed by atoms with Gasteiger partial charge in [0.15, 0.2) is 0 Å². The molecule has 3 aliphatic rings. The van der Waals surface area contributed by atoms with Gasteiger partial charge < -0.3 is 21.3 Å².